The van der Waals surface area contributed by atoms with E-state index < -0.39 is 23.9 Å². The summed E-state index contributed by atoms with van der Waals surface area (Å²) in [7, 11) is 0. The van der Waals surface area contributed by atoms with Crippen molar-refractivity contribution in [2.24, 2.45) is 17.6 Å². The molecule has 108 valence electrons. The number of carboxylic acid groups (broad SMARTS) is 1. The zero-order chi connectivity index (χ0) is 14.6. The van der Waals surface area contributed by atoms with Gasteiger partial charge in [0, 0.05) is 13.1 Å². The summed E-state index contributed by atoms with van der Waals surface area (Å²) in [6.07, 6.45) is 1.19. The summed E-state index contributed by atoms with van der Waals surface area (Å²) in [5.74, 6) is -1.96. The fraction of sp³-hybridized carbons (Fsp3) is 0.750. The average molecular weight is 271 g/mol. The highest BCUT2D eigenvalue weighted by atomic mass is 16.4. The number of aliphatic carboxylic acids is 1. The number of carbonyl (C=O) groups excluding carboxylic acids is 2. The molecule has 7 heteroatoms. The number of hydrogen-bond acceptors (Lipinski definition) is 3. The number of urea groups is 1. The smallest absolute Gasteiger partial charge is 0.326 e. The topological polar surface area (TPSA) is 113 Å². The van der Waals surface area contributed by atoms with Gasteiger partial charge in [-0.2, -0.15) is 0 Å². The van der Waals surface area contributed by atoms with Crippen LogP contribution in [0.25, 0.3) is 0 Å². The molecule has 0 bridgehead atoms. The van der Waals surface area contributed by atoms with Crippen LogP contribution < -0.4 is 11.1 Å². The summed E-state index contributed by atoms with van der Waals surface area (Å²) < 4.78 is 0. The van der Waals surface area contributed by atoms with Crippen LogP contribution in [0.2, 0.25) is 0 Å². The number of hydrogen-bond donors (Lipinski definition) is 3. The standard InChI is InChI=1S/C12H21N3O4/c1-3-7(2)9(11(17)18)14-12(19)15-5-4-8(6-15)10(13)16/h7-9H,3-6H2,1-2H3,(H2,13,16)(H,14,19)(H,17,18). The van der Waals surface area contributed by atoms with Crippen molar-refractivity contribution in [3.05, 3.63) is 0 Å². The highest BCUT2D eigenvalue weighted by molar-refractivity contribution is 5.84. The maximum atomic E-state index is 11.9. The molecule has 3 amide bonds. The lowest BCUT2D eigenvalue weighted by Crippen LogP contribution is -2.50. The predicted molar refractivity (Wildman–Crippen MR) is 68.3 cm³/mol. The van der Waals surface area contributed by atoms with E-state index >= 15 is 0 Å². The second-order valence-electron chi connectivity index (χ2n) is 4.98. The van der Waals surface area contributed by atoms with Crippen LogP contribution in [0.15, 0.2) is 0 Å². The largest absolute Gasteiger partial charge is 0.480 e. The molecule has 1 aliphatic rings. The molecule has 3 unspecified atom stereocenters. The first-order valence-corrected chi connectivity index (χ1v) is 6.44. The van der Waals surface area contributed by atoms with E-state index in [0.717, 1.165) is 0 Å². The van der Waals surface area contributed by atoms with Crippen molar-refractivity contribution in [3.8, 4) is 0 Å². The molecule has 7 nitrogen and oxygen atoms in total. The van der Waals surface area contributed by atoms with Crippen LogP contribution >= 0.6 is 0 Å². The van der Waals surface area contributed by atoms with Crippen molar-refractivity contribution >= 4 is 17.9 Å². The first-order chi connectivity index (χ1) is 8.86. The Morgan fingerprint density at radius 2 is 2.11 bits per heavy atom. The van der Waals surface area contributed by atoms with Crippen LogP contribution in [0.1, 0.15) is 26.7 Å². The number of amides is 3. The third kappa shape index (κ3) is 3.84. The molecule has 1 rings (SSSR count). The average Bonchev–Trinajstić information content (AvgIpc) is 2.84. The van der Waals surface area contributed by atoms with Crippen molar-refractivity contribution in [1.29, 1.82) is 0 Å². The summed E-state index contributed by atoms with van der Waals surface area (Å²) in [5, 5.41) is 11.6. The Labute approximate surface area is 112 Å². The van der Waals surface area contributed by atoms with Crippen LogP contribution in [0, 0.1) is 11.8 Å². The Hall–Kier alpha value is -1.79. The Morgan fingerprint density at radius 3 is 2.53 bits per heavy atom. The molecular weight excluding hydrogens is 250 g/mol. The van der Waals surface area contributed by atoms with Gasteiger partial charge < -0.3 is 21.1 Å². The molecular formula is C12H21N3O4. The van der Waals surface area contributed by atoms with Gasteiger partial charge in [0.05, 0.1) is 5.92 Å². The molecule has 0 spiro atoms. The van der Waals surface area contributed by atoms with Crippen molar-refractivity contribution in [3.63, 3.8) is 0 Å². The van der Waals surface area contributed by atoms with Gasteiger partial charge in [-0.25, -0.2) is 9.59 Å². The second kappa shape index (κ2) is 6.40. The lowest BCUT2D eigenvalue weighted by molar-refractivity contribution is -0.140. The highest BCUT2D eigenvalue weighted by Crippen LogP contribution is 2.16. The molecule has 0 aromatic rings. The number of nitrogens with one attached hydrogen (secondary N) is 1. The summed E-state index contributed by atoms with van der Waals surface area (Å²) >= 11 is 0. The van der Waals surface area contributed by atoms with Gasteiger partial charge in [-0.3, -0.25) is 4.79 Å². The van der Waals surface area contributed by atoms with E-state index in [1.807, 2.05) is 6.92 Å². The molecule has 0 radical (unpaired) electrons. The summed E-state index contributed by atoms with van der Waals surface area (Å²) in [4.78, 5) is 35.5. The van der Waals surface area contributed by atoms with Gasteiger partial charge in [0.15, 0.2) is 0 Å². The van der Waals surface area contributed by atoms with E-state index in [0.29, 0.717) is 19.4 Å². The Bertz CT molecular complexity index is 372. The van der Waals surface area contributed by atoms with Crippen LogP contribution in [0.3, 0.4) is 0 Å². The van der Waals surface area contributed by atoms with E-state index in [9.17, 15) is 14.4 Å². The number of carbonyl (C=O) groups is 3. The zero-order valence-corrected chi connectivity index (χ0v) is 11.3. The number of primary amides is 1. The molecule has 0 saturated carbocycles. The number of rotatable bonds is 5. The molecule has 1 aliphatic heterocycles. The maximum absolute atomic E-state index is 11.9. The van der Waals surface area contributed by atoms with Gasteiger partial charge in [-0.1, -0.05) is 20.3 Å². The minimum atomic E-state index is -1.05. The normalized spacial score (nSPS) is 21.8. The fourth-order valence-corrected chi connectivity index (χ4v) is 2.08. The van der Waals surface area contributed by atoms with E-state index in [-0.39, 0.29) is 18.4 Å². The van der Waals surface area contributed by atoms with Crippen LogP contribution in [0.4, 0.5) is 4.79 Å². The summed E-state index contributed by atoms with van der Waals surface area (Å²) in [6, 6.07) is -1.36. The van der Waals surface area contributed by atoms with E-state index in [4.69, 9.17) is 10.8 Å². The molecule has 3 atom stereocenters. The van der Waals surface area contributed by atoms with Gasteiger partial charge in [-0.15, -0.1) is 0 Å². The fourth-order valence-electron chi connectivity index (χ4n) is 2.08. The van der Waals surface area contributed by atoms with E-state index in [1.165, 1.54) is 4.90 Å². The molecule has 1 saturated heterocycles. The number of nitrogens with two attached hydrogens (primary N) is 1. The van der Waals surface area contributed by atoms with Crippen LogP contribution in [-0.4, -0.2) is 47.0 Å². The maximum Gasteiger partial charge on any atom is 0.326 e. The van der Waals surface area contributed by atoms with Crippen LogP contribution in [0.5, 0.6) is 0 Å². The van der Waals surface area contributed by atoms with Gasteiger partial charge in [0.2, 0.25) is 5.91 Å². The van der Waals surface area contributed by atoms with Crippen LogP contribution in [-0.2, 0) is 9.59 Å². The molecule has 0 aliphatic carbocycles. The zero-order valence-electron chi connectivity index (χ0n) is 11.3. The SMILES string of the molecule is CCC(C)C(NC(=O)N1CCC(C(N)=O)C1)C(=O)O. The molecule has 19 heavy (non-hydrogen) atoms. The lowest BCUT2D eigenvalue weighted by atomic mass is 9.99. The lowest BCUT2D eigenvalue weighted by Gasteiger charge is -2.24. The van der Waals surface area contributed by atoms with Gasteiger partial charge in [0.25, 0.3) is 0 Å². The molecule has 0 aromatic carbocycles. The first kappa shape index (κ1) is 15.3. The molecule has 1 fully saturated rings. The monoisotopic (exact) mass is 271 g/mol. The predicted octanol–water partition coefficient (Wildman–Crippen LogP) is 0.00250. The third-order valence-electron chi connectivity index (χ3n) is 3.64. The number of likely N-dealkylation sites (tertiary alicyclic amines) is 1. The minimum absolute atomic E-state index is 0.156. The summed E-state index contributed by atoms with van der Waals surface area (Å²) in [6.45, 7) is 4.32. The Balaban J connectivity index is 2.59. The third-order valence-corrected chi connectivity index (χ3v) is 3.64. The summed E-state index contributed by atoms with van der Waals surface area (Å²) in [5.41, 5.74) is 5.19. The van der Waals surface area contributed by atoms with Gasteiger partial charge in [-0.05, 0) is 12.3 Å². The minimum Gasteiger partial charge on any atom is -0.480 e. The number of carboxylic acids is 1. The van der Waals surface area contributed by atoms with Gasteiger partial charge >= 0.3 is 12.0 Å². The van der Waals surface area contributed by atoms with Crippen molar-refractivity contribution in [2.75, 3.05) is 13.1 Å². The van der Waals surface area contributed by atoms with Crippen molar-refractivity contribution < 1.29 is 19.5 Å². The highest BCUT2D eigenvalue weighted by Gasteiger charge is 2.32. The molecule has 1 heterocycles. The molecule has 0 aromatic heterocycles. The second-order valence-corrected chi connectivity index (χ2v) is 4.98. The number of nitrogens with zero attached hydrogens (tertiary/aromatic N) is 1. The van der Waals surface area contributed by atoms with Gasteiger partial charge in [0.1, 0.15) is 6.04 Å². The van der Waals surface area contributed by atoms with E-state index in [2.05, 4.69) is 5.32 Å². The Kier molecular flexibility index (Phi) is 5.14. The van der Waals surface area contributed by atoms with Crippen molar-refractivity contribution in [2.45, 2.75) is 32.7 Å². The first-order valence-electron chi connectivity index (χ1n) is 6.44. The van der Waals surface area contributed by atoms with Crippen molar-refractivity contribution in [1.82, 2.24) is 10.2 Å². The molecule has 4 N–H and O–H groups in total. The quantitative estimate of drug-likeness (QED) is 0.653. The Morgan fingerprint density at radius 1 is 1.47 bits per heavy atom. The van der Waals surface area contributed by atoms with E-state index in [1.54, 1.807) is 6.92 Å².